The number of fused-ring (bicyclic) bond motifs is 1. The van der Waals surface area contributed by atoms with Crippen molar-refractivity contribution in [3.8, 4) is 0 Å². The lowest BCUT2D eigenvalue weighted by Gasteiger charge is -2.31. The van der Waals surface area contributed by atoms with Crippen LogP contribution in [0.5, 0.6) is 0 Å². The molecule has 0 aliphatic carbocycles. The normalized spacial score (nSPS) is 20.0. The van der Waals surface area contributed by atoms with Gasteiger partial charge >= 0.3 is 0 Å². The predicted molar refractivity (Wildman–Crippen MR) is 89.0 cm³/mol. The molecule has 1 aromatic carbocycles. The van der Waals surface area contributed by atoms with Gasteiger partial charge in [0, 0.05) is 37.1 Å². The summed E-state index contributed by atoms with van der Waals surface area (Å²) in [6.45, 7) is 5.51. The number of hydrogen-bond acceptors (Lipinski definition) is 4. The number of thioether (sulfide) groups is 1. The highest BCUT2D eigenvalue weighted by molar-refractivity contribution is 8.00. The average Bonchev–Trinajstić information content (AvgIpc) is 2.53. The fourth-order valence-electron chi connectivity index (χ4n) is 2.75. The Morgan fingerprint density at radius 1 is 1.43 bits per heavy atom. The Morgan fingerprint density at radius 2 is 2.29 bits per heavy atom. The van der Waals surface area contributed by atoms with E-state index in [1.165, 1.54) is 12.2 Å². The Labute approximate surface area is 129 Å². The van der Waals surface area contributed by atoms with Crippen molar-refractivity contribution >= 4 is 22.7 Å². The van der Waals surface area contributed by atoms with E-state index in [2.05, 4.69) is 33.6 Å². The molecule has 1 atom stereocenters. The van der Waals surface area contributed by atoms with Crippen LogP contribution >= 0.6 is 11.8 Å². The second kappa shape index (κ2) is 6.62. The van der Waals surface area contributed by atoms with E-state index in [0.29, 0.717) is 5.39 Å². The number of aromatic nitrogens is 2. The van der Waals surface area contributed by atoms with Crippen molar-refractivity contribution in [2.24, 2.45) is 0 Å². The highest BCUT2D eigenvalue weighted by atomic mass is 32.2. The van der Waals surface area contributed by atoms with Crippen molar-refractivity contribution < 1.29 is 0 Å². The number of nitrogens with one attached hydrogen (secondary N) is 1. The molecule has 0 amide bonds. The Bertz CT molecular complexity index is 670. The second-order valence-corrected chi connectivity index (χ2v) is 6.89. The maximum Gasteiger partial charge on any atom is 0.258 e. The number of hydrogen-bond donors (Lipinski definition) is 1. The second-order valence-electron chi connectivity index (χ2n) is 5.48. The summed E-state index contributed by atoms with van der Waals surface area (Å²) in [5, 5.41) is 1.42. The van der Waals surface area contributed by atoms with E-state index in [4.69, 9.17) is 0 Å². The lowest BCUT2D eigenvalue weighted by atomic mass is 10.2. The van der Waals surface area contributed by atoms with Crippen LogP contribution in [0.3, 0.4) is 0 Å². The fraction of sp³-hybridized carbons (Fsp3) is 0.500. The SMILES string of the molecule is CC[C@@H]1CN(CCc2nc3ccccc3c(=O)[nH]2)CCS1. The van der Waals surface area contributed by atoms with Gasteiger partial charge in [0.2, 0.25) is 0 Å². The number of rotatable bonds is 4. The van der Waals surface area contributed by atoms with E-state index in [9.17, 15) is 4.79 Å². The highest BCUT2D eigenvalue weighted by Crippen LogP contribution is 2.21. The number of benzene rings is 1. The summed E-state index contributed by atoms with van der Waals surface area (Å²) in [5.41, 5.74) is 0.758. The molecule has 112 valence electrons. The van der Waals surface area contributed by atoms with Gasteiger partial charge in [-0.1, -0.05) is 19.1 Å². The van der Waals surface area contributed by atoms with Gasteiger partial charge in [0.25, 0.3) is 5.56 Å². The third kappa shape index (κ3) is 3.47. The lowest BCUT2D eigenvalue weighted by Crippen LogP contribution is -2.39. The molecule has 1 aliphatic heterocycles. The molecule has 1 saturated heterocycles. The topological polar surface area (TPSA) is 49.0 Å². The fourth-order valence-corrected chi connectivity index (χ4v) is 4.00. The third-order valence-electron chi connectivity index (χ3n) is 4.00. The predicted octanol–water partition coefficient (Wildman–Crippen LogP) is 2.29. The smallest absolute Gasteiger partial charge is 0.258 e. The Kier molecular flexibility index (Phi) is 4.60. The molecule has 0 radical (unpaired) electrons. The first-order chi connectivity index (χ1) is 10.3. The van der Waals surface area contributed by atoms with Crippen LogP contribution in [0.2, 0.25) is 0 Å². The molecule has 0 unspecified atom stereocenters. The Hall–Kier alpha value is -1.33. The van der Waals surface area contributed by atoms with Gasteiger partial charge in [-0.15, -0.1) is 0 Å². The molecule has 0 saturated carbocycles. The van der Waals surface area contributed by atoms with Crippen molar-refractivity contribution in [3.63, 3.8) is 0 Å². The maximum absolute atomic E-state index is 12.0. The quantitative estimate of drug-likeness (QED) is 0.941. The van der Waals surface area contributed by atoms with Gasteiger partial charge in [0.05, 0.1) is 10.9 Å². The van der Waals surface area contributed by atoms with Crippen LogP contribution in [0.25, 0.3) is 10.9 Å². The molecule has 4 nitrogen and oxygen atoms in total. The number of H-pyrrole nitrogens is 1. The zero-order valence-corrected chi connectivity index (χ0v) is 13.2. The van der Waals surface area contributed by atoms with Crippen molar-refractivity contribution in [1.82, 2.24) is 14.9 Å². The number of nitrogens with zero attached hydrogens (tertiary/aromatic N) is 2. The summed E-state index contributed by atoms with van der Waals surface area (Å²) in [5.74, 6) is 2.00. The molecule has 1 N–H and O–H groups in total. The maximum atomic E-state index is 12.0. The molecule has 0 bridgehead atoms. The molecule has 3 rings (SSSR count). The van der Waals surface area contributed by atoms with Gasteiger partial charge < -0.3 is 9.88 Å². The largest absolute Gasteiger partial charge is 0.310 e. The minimum Gasteiger partial charge on any atom is -0.310 e. The summed E-state index contributed by atoms with van der Waals surface area (Å²) in [7, 11) is 0. The summed E-state index contributed by atoms with van der Waals surface area (Å²) in [4.78, 5) is 22.0. The van der Waals surface area contributed by atoms with Crippen LogP contribution in [-0.2, 0) is 6.42 Å². The zero-order chi connectivity index (χ0) is 14.7. The third-order valence-corrected chi connectivity index (χ3v) is 5.38. The molecule has 2 heterocycles. The van der Waals surface area contributed by atoms with E-state index in [-0.39, 0.29) is 5.56 Å². The minimum atomic E-state index is -0.0313. The Balaban J connectivity index is 1.69. The van der Waals surface area contributed by atoms with E-state index in [0.717, 1.165) is 42.6 Å². The average molecular weight is 303 g/mol. The van der Waals surface area contributed by atoms with Crippen molar-refractivity contribution in [2.75, 3.05) is 25.4 Å². The summed E-state index contributed by atoms with van der Waals surface area (Å²) in [6, 6.07) is 7.51. The first-order valence-electron chi connectivity index (χ1n) is 7.58. The number of aromatic amines is 1. The molecular weight excluding hydrogens is 282 g/mol. The van der Waals surface area contributed by atoms with Gasteiger partial charge in [-0.25, -0.2) is 4.98 Å². The summed E-state index contributed by atoms with van der Waals surface area (Å²) < 4.78 is 0. The molecule has 21 heavy (non-hydrogen) atoms. The van der Waals surface area contributed by atoms with Crippen molar-refractivity contribution in [1.29, 1.82) is 0 Å². The molecule has 5 heteroatoms. The standard InChI is InChI=1S/C16H21N3OS/c1-2-12-11-19(9-10-21-12)8-7-15-17-14-6-4-3-5-13(14)16(20)18-15/h3-6,12H,2,7-11H2,1H3,(H,17,18,20)/t12-/m1/s1. The summed E-state index contributed by atoms with van der Waals surface area (Å²) >= 11 is 2.08. The summed E-state index contributed by atoms with van der Waals surface area (Å²) in [6.07, 6.45) is 2.04. The monoisotopic (exact) mass is 303 g/mol. The van der Waals surface area contributed by atoms with E-state index in [1.54, 1.807) is 0 Å². The van der Waals surface area contributed by atoms with Gasteiger partial charge in [-0.3, -0.25) is 4.79 Å². The molecule has 0 spiro atoms. The van der Waals surface area contributed by atoms with E-state index < -0.39 is 0 Å². The van der Waals surface area contributed by atoms with Crippen LogP contribution < -0.4 is 5.56 Å². The van der Waals surface area contributed by atoms with E-state index >= 15 is 0 Å². The Morgan fingerprint density at radius 3 is 3.14 bits per heavy atom. The van der Waals surface area contributed by atoms with Crippen LogP contribution in [-0.4, -0.2) is 45.5 Å². The van der Waals surface area contributed by atoms with Gasteiger partial charge in [-0.2, -0.15) is 11.8 Å². The first kappa shape index (κ1) is 14.6. The molecule has 1 aromatic heterocycles. The van der Waals surface area contributed by atoms with Crippen molar-refractivity contribution in [3.05, 3.63) is 40.4 Å². The molecule has 2 aromatic rings. The number of para-hydroxylation sites is 1. The molecule has 1 fully saturated rings. The van der Waals surface area contributed by atoms with Crippen LogP contribution in [0.4, 0.5) is 0 Å². The van der Waals surface area contributed by atoms with Crippen LogP contribution in [0.1, 0.15) is 19.2 Å². The zero-order valence-electron chi connectivity index (χ0n) is 12.3. The van der Waals surface area contributed by atoms with Gasteiger partial charge in [0.1, 0.15) is 5.82 Å². The van der Waals surface area contributed by atoms with Gasteiger partial charge in [-0.05, 0) is 18.6 Å². The van der Waals surface area contributed by atoms with Crippen LogP contribution in [0, 0.1) is 0 Å². The lowest BCUT2D eigenvalue weighted by molar-refractivity contribution is 0.283. The van der Waals surface area contributed by atoms with Crippen LogP contribution in [0.15, 0.2) is 29.1 Å². The van der Waals surface area contributed by atoms with Gasteiger partial charge in [0.15, 0.2) is 0 Å². The molecule has 1 aliphatic rings. The van der Waals surface area contributed by atoms with E-state index in [1.807, 2.05) is 24.3 Å². The molecular formula is C16H21N3OS. The first-order valence-corrected chi connectivity index (χ1v) is 8.63. The minimum absolute atomic E-state index is 0.0313. The highest BCUT2D eigenvalue weighted by Gasteiger charge is 2.18. The van der Waals surface area contributed by atoms with Crippen molar-refractivity contribution in [2.45, 2.75) is 25.0 Å².